The Bertz CT molecular complexity index is 3020. The summed E-state index contributed by atoms with van der Waals surface area (Å²) in [6, 6.07) is 20.5. The number of fused-ring (bicyclic) bond motifs is 1. The first kappa shape index (κ1) is 41.0. The molecule has 6 rings (SSSR count). The molecule has 1 aliphatic rings. The van der Waals surface area contributed by atoms with E-state index in [2.05, 4.69) is 31.0 Å². The van der Waals surface area contributed by atoms with Crippen molar-refractivity contribution >= 4 is 93.4 Å². The maximum Gasteiger partial charge on any atom is 0.296 e. The minimum Gasteiger partial charge on any atom is -0.399 e. The average Bonchev–Trinajstić information content (AvgIpc) is 3.13. The Morgan fingerprint density at radius 1 is 0.621 bits per heavy atom. The highest BCUT2D eigenvalue weighted by Crippen LogP contribution is 2.41. The normalized spacial score (nSPS) is 14.3. The standard InChI is InChI=1S/C36H31N9O10S3/c1-18-13-20(3-10-27(18)41-43-29-12-5-23(37)17-26(29)38)21-4-11-28(19(2)14-21)42-44-34-30(57(50,51)52)15-22-16-31(58(53,54)55)35(36(46)32(22)33(34)39)45-40-24-6-8-25(9-7-24)56(47,48)49/h3-17,40H,37-39H2,1-2H3,(H,47,48,49)(H,50,51,52)(H,53,54,55). The van der Waals surface area contributed by atoms with Gasteiger partial charge in [0, 0.05) is 5.69 Å². The van der Waals surface area contributed by atoms with Gasteiger partial charge >= 0.3 is 0 Å². The summed E-state index contributed by atoms with van der Waals surface area (Å²) in [5.41, 5.74) is 22.5. The molecule has 0 unspecified atom stereocenters. The quantitative estimate of drug-likeness (QED) is 0.0324. The van der Waals surface area contributed by atoms with Crippen LogP contribution in [-0.4, -0.2) is 50.4 Å². The third kappa shape index (κ3) is 8.66. The first-order valence-corrected chi connectivity index (χ1v) is 20.7. The van der Waals surface area contributed by atoms with Crippen LogP contribution in [0.15, 0.2) is 125 Å². The van der Waals surface area contributed by atoms with Crippen LogP contribution in [0.5, 0.6) is 0 Å². The Kier molecular flexibility index (Phi) is 10.8. The van der Waals surface area contributed by atoms with Crippen LogP contribution in [0, 0.1) is 13.8 Å². The number of rotatable bonds is 10. The lowest BCUT2D eigenvalue weighted by atomic mass is 9.92. The topological polar surface area (TPSA) is 332 Å². The lowest BCUT2D eigenvalue weighted by molar-refractivity contribution is 0.106. The van der Waals surface area contributed by atoms with Gasteiger partial charge in [-0.05, 0) is 121 Å². The zero-order valence-corrected chi connectivity index (χ0v) is 32.5. The molecule has 0 heterocycles. The lowest BCUT2D eigenvalue weighted by Gasteiger charge is -2.20. The van der Waals surface area contributed by atoms with Gasteiger partial charge in [0.05, 0.1) is 38.9 Å². The summed E-state index contributed by atoms with van der Waals surface area (Å²) in [6.45, 7) is 3.57. The van der Waals surface area contributed by atoms with E-state index in [4.69, 9.17) is 17.2 Å². The molecule has 298 valence electrons. The van der Waals surface area contributed by atoms with Gasteiger partial charge in [0.25, 0.3) is 30.4 Å². The van der Waals surface area contributed by atoms with Crippen LogP contribution in [0.3, 0.4) is 0 Å². The number of hydrogen-bond acceptors (Lipinski definition) is 16. The molecule has 0 spiro atoms. The molecular weight excluding hydrogens is 815 g/mol. The summed E-state index contributed by atoms with van der Waals surface area (Å²) in [7, 11) is -14.9. The molecule has 19 nitrogen and oxygen atoms in total. The number of azo groups is 2. The Labute approximate surface area is 331 Å². The van der Waals surface area contributed by atoms with Crippen molar-refractivity contribution in [1.82, 2.24) is 0 Å². The zero-order valence-electron chi connectivity index (χ0n) is 30.1. The average molecular weight is 846 g/mol. The molecule has 5 aromatic carbocycles. The Morgan fingerprint density at radius 3 is 1.69 bits per heavy atom. The maximum absolute atomic E-state index is 13.8. The van der Waals surface area contributed by atoms with Crippen molar-refractivity contribution in [2.24, 2.45) is 25.6 Å². The van der Waals surface area contributed by atoms with E-state index < -0.39 is 79.0 Å². The van der Waals surface area contributed by atoms with Crippen LogP contribution in [0.1, 0.15) is 27.0 Å². The predicted octanol–water partition coefficient (Wildman–Crippen LogP) is 6.93. The van der Waals surface area contributed by atoms with Crippen LogP contribution >= 0.6 is 0 Å². The van der Waals surface area contributed by atoms with E-state index in [9.17, 15) is 43.7 Å². The molecule has 0 bridgehead atoms. The zero-order chi connectivity index (χ0) is 42.3. The second-order valence-corrected chi connectivity index (χ2v) is 16.9. The largest absolute Gasteiger partial charge is 0.399 e. The highest BCUT2D eigenvalue weighted by atomic mass is 32.2. The molecular formula is C36H31N9O10S3. The minimum atomic E-state index is -5.20. The number of carbonyl (C=O) groups is 1. The van der Waals surface area contributed by atoms with E-state index in [1.54, 1.807) is 49.4 Å². The van der Waals surface area contributed by atoms with E-state index >= 15 is 0 Å². The second kappa shape index (κ2) is 15.3. The monoisotopic (exact) mass is 845 g/mol. The summed E-state index contributed by atoms with van der Waals surface area (Å²) in [6.07, 6.45) is 0.718. The lowest BCUT2D eigenvalue weighted by Crippen LogP contribution is -2.28. The Hall–Kier alpha value is -6.69. The number of aryl methyl sites for hydroxylation is 2. The van der Waals surface area contributed by atoms with Gasteiger partial charge in [0.2, 0.25) is 5.78 Å². The third-order valence-electron chi connectivity index (χ3n) is 8.60. The van der Waals surface area contributed by atoms with Gasteiger partial charge in [-0.3, -0.25) is 23.9 Å². The van der Waals surface area contributed by atoms with Gasteiger partial charge in [-0.15, -0.1) is 10.2 Å². The van der Waals surface area contributed by atoms with E-state index in [1.165, 1.54) is 0 Å². The Morgan fingerprint density at radius 2 is 1.17 bits per heavy atom. The number of nitrogen functional groups attached to an aromatic ring is 3. The number of carbonyl (C=O) groups excluding carboxylic acids is 1. The van der Waals surface area contributed by atoms with Crippen LogP contribution in [0.2, 0.25) is 0 Å². The van der Waals surface area contributed by atoms with E-state index in [1.807, 2.05) is 19.1 Å². The minimum absolute atomic E-state index is 0.0220. The summed E-state index contributed by atoms with van der Waals surface area (Å²) in [5, 5.41) is 20.5. The molecule has 58 heavy (non-hydrogen) atoms. The number of anilines is 4. The Balaban J connectivity index is 1.33. The van der Waals surface area contributed by atoms with Crippen LogP contribution in [0.4, 0.5) is 45.5 Å². The fraction of sp³-hybridized carbons (Fsp3) is 0.0556. The molecule has 5 aromatic rings. The smallest absolute Gasteiger partial charge is 0.296 e. The van der Waals surface area contributed by atoms with E-state index in [0.29, 0.717) is 28.3 Å². The number of hydrazone groups is 1. The summed E-state index contributed by atoms with van der Waals surface area (Å²) in [5.74, 6) is -1.21. The fourth-order valence-corrected chi connectivity index (χ4v) is 7.50. The van der Waals surface area contributed by atoms with Crippen molar-refractivity contribution in [3.63, 3.8) is 0 Å². The first-order chi connectivity index (χ1) is 27.1. The van der Waals surface area contributed by atoms with Crippen LogP contribution in [0.25, 0.3) is 17.2 Å². The number of nitrogens with two attached hydrogens (primary N) is 3. The molecule has 22 heteroatoms. The molecule has 0 atom stereocenters. The van der Waals surface area contributed by atoms with Gasteiger partial charge in [0.15, 0.2) is 5.71 Å². The number of allylic oxidation sites excluding steroid dienone is 1. The van der Waals surface area contributed by atoms with Crippen molar-refractivity contribution < 1.29 is 43.7 Å². The highest BCUT2D eigenvalue weighted by Gasteiger charge is 2.37. The number of benzene rings is 5. The molecule has 10 N–H and O–H groups in total. The molecule has 0 saturated heterocycles. The molecule has 0 aliphatic heterocycles. The number of nitrogens with one attached hydrogen (secondary N) is 1. The molecule has 0 radical (unpaired) electrons. The number of nitrogens with zero attached hydrogens (tertiary/aromatic N) is 5. The van der Waals surface area contributed by atoms with E-state index in [0.717, 1.165) is 53.1 Å². The SMILES string of the molecule is Cc1cc(-c2ccc(N=Nc3c(S(=O)(=O)O)cc4c(c3N)C(=O)C(=NNc3ccc(S(=O)(=O)O)cc3)C(S(=O)(=O)O)=C4)c(C)c2)ccc1N=Nc1ccc(N)cc1N. The van der Waals surface area contributed by atoms with Crippen molar-refractivity contribution in [2.75, 3.05) is 22.6 Å². The maximum atomic E-state index is 13.8. The van der Waals surface area contributed by atoms with Gasteiger partial charge in [-0.2, -0.15) is 40.6 Å². The van der Waals surface area contributed by atoms with Gasteiger partial charge in [-0.25, -0.2) is 0 Å². The molecule has 0 aromatic heterocycles. The number of hydrogen-bond donors (Lipinski definition) is 7. The molecule has 1 aliphatic carbocycles. The fourth-order valence-electron chi connectivity index (χ4n) is 5.69. The van der Waals surface area contributed by atoms with Crippen molar-refractivity contribution in [3.8, 4) is 11.1 Å². The van der Waals surface area contributed by atoms with Crippen molar-refractivity contribution in [3.05, 3.63) is 112 Å². The summed E-state index contributed by atoms with van der Waals surface area (Å²) < 4.78 is 102. The van der Waals surface area contributed by atoms with Crippen LogP contribution in [-0.2, 0) is 30.4 Å². The number of ketones is 1. The van der Waals surface area contributed by atoms with Crippen molar-refractivity contribution in [2.45, 2.75) is 23.6 Å². The van der Waals surface area contributed by atoms with Crippen molar-refractivity contribution in [1.29, 1.82) is 0 Å². The second-order valence-electron chi connectivity index (χ2n) is 12.7. The third-order valence-corrected chi connectivity index (χ3v) is 11.2. The summed E-state index contributed by atoms with van der Waals surface area (Å²) >= 11 is 0. The number of Topliss-reactive ketones (excluding diaryl/α,β-unsaturated/α-hetero) is 1. The molecule has 0 amide bonds. The van der Waals surface area contributed by atoms with Gasteiger partial charge < -0.3 is 17.2 Å². The first-order valence-electron chi connectivity index (χ1n) is 16.4. The van der Waals surface area contributed by atoms with Crippen LogP contribution < -0.4 is 22.6 Å². The summed E-state index contributed by atoms with van der Waals surface area (Å²) in [4.78, 5) is 11.3. The van der Waals surface area contributed by atoms with E-state index in [-0.39, 0.29) is 11.4 Å². The van der Waals surface area contributed by atoms with Gasteiger partial charge in [-0.1, -0.05) is 12.1 Å². The predicted molar refractivity (Wildman–Crippen MR) is 217 cm³/mol. The van der Waals surface area contributed by atoms with Gasteiger partial charge in [0.1, 0.15) is 21.2 Å². The molecule has 0 fully saturated rings. The highest BCUT2D eigenvalue weighted by molar-refractivity contribution is 7.91. The molecule has 0 saturated carbocycles.